The lowest BCUT2D eigenvalue weighted by molar-refractivity contribution is -0.105. The van der Waals surface area contributed by atoms with Gasteiger partial charge in [0.25, 0.3) is 0 Å². The molecule has 0 unspecified atom stereocenters. The number of anilines is 1. The molecule has 2 aromatic carbocycles. The summed E-state index contributed by atoms with van der Waals surface area (Å²) in [5.74, 6) is 1.52. The Morgan fingerprint density at radius 2 is 1.88 bits per heavy atom. The van der Waals surface area contributed by atoms with E-state index in [0.29, 0.717) is 18.0 Å². The molecule has 6 heteroatoms. The van der Waals surface area contributed by atoms with Crippen molar-refractivity contribution in [3.63, 3.8) is 0 Å². The van der Waals surface area contributed by atoms with Gasteiger partial charge in [-0.15, -0.1) is 0 Å². The van der Waals surface area contributed by atoms with E-state index < -0.39 is 0 Å². The quantitative estimate of drug-likeness (QED) is 0.676. The van der Waals surface area contributed by atoms with Gasteiger partial charge in [0.1, 0.15) is 0 Å². The van der Waals surface area contributed by atoms with Crippen LogP contribution in [0.25, 0.3) is 11.3 Å². The molecule has 1 aromatic heterocycles. The van der Waals surface area contributed by atoms with Gasteiger partial charge < -0.3 is 19.4 Å². The van der Waals surface area contributed by atoms with E-state index in [4.69, 9.17) is 21.1 Å². The molecule has 0 saturated carbocycles. The van der Waals surface area contributed by atoms with Crippen LogP contribution in [0.5, 0.6) is 11.5 Å². The summed E-state index contributed by atoms with van der Waals surface area (Å²) >= 11 is 6.02. The molecule has 132 valence electrons. The third kappa shape index (κ3) is 3.02. The summed E-state index contributed by atoms with van der Waals surface area (Å²) in [4.78, 5) is 10.9. The monoisotopic (exact) mass is 368 g/mol. The Kier molecular flexibility index (Phi) is 4.31. The number of aromatic nitrogens is 1. The van der Waals surface area contributed by atoms with Crippen molar-refractivity contribution in [3.05, 3.63) is 64.8 Å². The van der Waals surface area contributed by atoms with Crippen LogP contribution < -0.4 is 14.8 Å². The Labute approximate surface area is 156 Å². The number of benzene rings is 2. The Morgan fingerprint density at radius 3 is 2.65 bits per heavy atom. The SMILES string of the molecule is Cc1c(NC=O)cc(-c2ccc(Cl)cc2)n1Cc1ccc2c(c1)OCO2. The third-order valence-electron chi connectivity index (χ3n) is 4.50. The fourth-order valence-corrected chi connectivity index (χ4v) is 3.27. The zero-order valence-electron chi connectivity index (χ0n) is 14.2. The largest absolute Gasteiger partial charge is 0.454 e. The molecule has 4 rings (SSSR count). The molecule has 2 heterocycles. The number of amides is 1. The second-order valence-electron chi connectivity index (χ2n) is 6.07. The van der Waals surface area contributed by atoms with Gasteiger partial charge in [-0.2, -0.15) is 0 Å². The standard InChI is InChI=1S/C20H17ClN2O3/c1-13-17(22-11-24)9-18(15-3-5-16(21)6-4-15)23(13)10-14-2-7-19-20(8-14)26-12-25-19/h2-9,11H,10,12H2,1H3,(H,22,24). The van der Waals surface area contributed by atoms with Crippen molar-refractivity contribution >= 4 is 23.7 Å². The minimum absolute atomic E-state index is 0.255. The van der Waals surface area contributed by atoms with Crippen LogP contribution in [0.2, 0.25) is 5.02 Å². The molecule has 0 radical (unpaired) electrons. The van der Waals surface area contributed by atoms with Crippen molar-refractivity contribution in [2.24, 2.45) is 0 Å². The molecule has 0 fully saturated rings. The zero-order valence-corrected chi connectivity index (χ0v) is 14.9. The molecule has 1 N–H and O–H groups in total. The van der Waals surface area contributed by atoms with Gasteiger partial charge in [0.05, 0.1) is 11.4 Å². The molecule has 0 spiro atoms. The Morgan fingerprint density at radius 1 is 1.12 bits per heavy atom. The van der Waals surface area contributed by atoms with Crippen molar-refractivity contribution in [1.29, 1.82) is 0 Å². The molecule has 1 aliphatic heterocycles. The number of nitrogens with zero attached hydrogens (tertiary/aromatic N) is 1. The number of hydrogen-bond acceptors (Lipinski definition) is 3. The average molecular weight is 369 g/mol. The van der Waals surface area contributed by atoms with E-state index >= 15 is 0 Å². The number of halogens is 1. The van der Waals surface area contributed by atoms with Gasteiger partial charge in [-0.25, -0.2) is 0 Å². The molecule has 1 aliphatic rings. The molecule has 26 heavy (non-hydrogen) atoms. The Balaban J connectivity index is 1.76. The summed E-state index contributed by atoms with van der Waals surface area (Å²) in [5, 5.41) is 3.46. The normalized spacial score (nSPS) is 12.2. The van der Waals surface area contributed by atoms with E-state index in [9.17, 15) is 4.79 Å². The van der Waals surface area contributed by atoms with Gasteiger partial charge in [-0.1, -0.05) is 29.8 Å². The summed E-state index contributed by atoms with van der Waals surface area (Å²) in [6.45, 7) is 2.88. The fraction of sp³-hybridized carbons (Fsp3) is 0.150. The van der Waals surface area contributed by atoms with Crippen LogP contribution in [-0.2, 0) is 11.3 Å². The number of carbonyl (C=O) groups is 1. The lowest BCUT2D eigenvalue weighted by Crippen LogP contribution is -2.05. The number of fused-ring (bicyclic) bond motifs is 1. The lowest BCUT2D eigenvalue weighted by Gasteiger charge is -2.13. The van der Waals surface area contributed by atoms with Crippen LogP contribution in [0.15, 0.2) is 48.5 Å². The highest BCUT2D eigenvalue weighted by molar-refractivity contribution is 6.30. The van der Waals surface area contributed by atoms with Crippen molar-refractivity contribution < 1.29 is 14.3 Å². The second kappa shape index (κ2) is 6.77. The molecular formula is C20H17ClN2O3. The molecule has 0 saturated heterocycles. The number of rotatable bonds is 5. The molecular weight excluding hydrogens is 352 g/mol. The maximum atomic E-state index is 10.9. The first-order chi connectivity index (χ1) is 12.7. The molecule has 0 bridgehead atoms. The number of carbonyl (C=O) groups excluding carboxylic acids is 1. The molecule has 1 amide bonds. The van der Waals surface area contributed by atoms with Gasteiger partial charge in [0, 0.05) is 17.3 Å². The minimum Gasteiger partial charge on any atom is -0.454 e. The topological polar surface area (TPSA) is 52.5 Å². The molecule has 3 aromatic rings. The van der Waals surface area contributed by atoms with Crippen LogP contribution in [0.4, 0.5) is 5.69 Å². The van der Waals surface area contributed by atoms with Gasteiger partial charge in [0.15, 0.2) is 11.5 Å². The van der Waals surface area contributed by atoms with Gasteiger partial charge in [-0.3, -0.25) is 4.79 Å². The Hall–Kier alpha value is -2.92. The van der Waals surface area contributed by atoms with Crippen molar-refractivity contribution in [2.45, 2.75) is 13.5 Å². The maximum absolute atomic E-state index is 10.9. The highest BCUT2D eigenvalue weighted by Crippen LogP contribution is 2.35. The van der Waals surface area contributed by atoms with Crippen molar-refractivity contribution in [3.8, 4) is 22.8 Å². The summed E-state index contributed by atoms with van der Waals surface area (Å²) in [6.07, 6.45) is 0.693. The van der Waals surface area contributed by atoms with Crippen LogP contribution in [0, 0.1) is 6.92 Å². The smallest absolute Gasteiger partial charge is 0.231 e. The molecule has 0 atom stereocenters. The zero-order chi connectivity index (χ0) is 18.1. The first-order valence-corrected chi connectivity index (χ1v) is 8.58. The maximum Gasteiger partial charge on any atom is 0.231 e. The first kappa shape index (κ1) is 16.5. The summed E-state index contributed by atoms with van der Waals surface area (Å²) in [5.41, 5.74) is 4.87. The van der Waals surface area contributed by atoms with Crippen molar-refractivity contribution in [2.75, 3.05) is 12.1 Å². The minimum atomic E-state index is 0.255. The fourth-order valence-electron chi connectivity index (χ4n) is 3.14. The van der Waals surface area contributed by atoms with Crippen LogP contribution >= 0.6 is 11.6 Å². The summed E-state index contributed by atoms with van der Waals surface area (Å²) < 4.78 is 13.0. The number of hydrogen-bond donors (Lipinski definition) is 1. The number of nitrogens with one attached hydrogen (secondary N) is 1. The third-order valence-corrected chi connectivity index (χ3v) is 4.75. The summed E-state index contributed by atoms with van der Waals surface area (Å²) in [7, 11) is 0. The van der Waals surface area contributed by atoms with Crippen molar-refractivity contribution in [1.82, 2.24) is 4.57 Å². The highest BCUT2D eigenvalue weighted by Gasteiger charge is 2.17. The van der Waals surface area contributed by atoms with Crippen LogP contribution in [0.1, 0.15) is 11.3 Å². The second-order valence-corrected chi connectivity index (χ2v) is 6.51. The average Bonchev–Trinajstić information content (AvgIpc) is 3.22. The molecule has 0 aliphatic carbocycles. The van der Waals surface area contributed by atoms with E-state index in [1.807, 2.05) is 55.5 Å². The molecule has 5 nitrogen and oxygen atoms in total. The highest BCUT2D eigenvalue weighted by atomic mass is 35.5. The predicted molar refractivity (Wildman–Crippen MR) is 101 cm³/mol. The van der Waals surface area contributed by atoms with E-state index in [1.165, 1.54) is 0 Å². The van der Waals surface area contributed by atoms with E-state index in [0.717, 1.165) is 39.7 Å². The van der Waals surface area contributed by atoms with Crippen LogP contribution in [-0.4, -0.2) is 17.8 Å². The summed E-state index contributed by atoms with van der Waals surface area (Å²) in [6, 6.07) is 15.6. The van der Waals surface area contributed by atoms with Gasteiger partial charge >= 0.3 is 0 Å². The van der Waals surface area contributed by atoms with Gasteiger partial charge in [0.2, 0.25) is 13.2 Å². The Bertz CT molecular complexity index is 964. The van der Waals surface area contributed by atoms with Gasteiger partial charge in [-0.05, 0) is 48.4 Å². The van der Waals surface area contributed by atoms with Crippen LogP contribution in [0.3, 0.4) is 0 Å². The van der Waals surface area contributed by atoms with E-state index in [1.54, 1.807) is 0 Å². The lowest BCUT2D eigenvalue weighted by atomic mass is 10.1. The first-order valence-electron chi connectivity index (χ1n) is 8.20. The predicted octanol–water partition coefficient (Wildman–Crippen LogP) is 4.46. The number of ether oxygens (including phenoxy) is 2. The van der Waals surface area contributed by atoms with E-state index in [-0.39, 0.29) is 6.79 Å². The van der Waals surface area contributed by atoms with E-state index in [2.05, 4.69) is 9.88 Å².